The first-order chi connectivity index (χ1) is 6.59. The van der Waals surface area contributed by atoms with Gasteiger partial charge in [-0.1, -0.05) is 6.07 Å². The lowest BCUT2D eigenvalue weighted by atomic mass is 10.2. The van der Waals surface area contributed by atoms with Crippen LogP contribution >= 0.6 is 11.3 Å². The highest BCUT2D eigenvalue weighted by molar-refractivity contribution is 7.19. The van der Waals surface area contributed by atoms with Crippen molar-refractivity contribution in [2.45, 2.75) is 13.3 Å². The van der Waals surface area contributed by atoms with Gasteiger partial charge in [-0.05, 0) is 24.6 Å². The van der Waals surface area contributed by atoms with E-state index in [0.717, 1.165) is 16.9 Å². The summed E-state index contributed by atoms with van der Waals surface area (Å²) in [6.45, 7) is 1.89. The van der Waals surface area contributed by atoms with Gasteiger partial charge in [-0.25, -0.2) is 8.78 Å². The molecule has 0 fully saturated rings. The monoisotopic (exact) mass is 214 g/mol. The summed E-state index contributed by atoms with van der Waals surface area (Å²) >= 11 is 0.946. The Balaban J connectivity index is 2.73. The topological polar surface area (TPSA) is 20.2 Å². The molecule has 74 valence electrons. The average molecular weight is 214 g/mol. The van der Waals surface area contributed by atoms with Crippen LogP contribution in [0.4, 0.5) is 8.78 Å². The standard InChI is InChI=1S/C10H8F2OS/c1-5-2-3-6-7(4-5)14-9(8(6)13)10(11)12/h2-4,10,13H,1H3. The molecule has 0 spiro atoms. The van der Waals surface area contributed by atoms with E-state index in [1.807, 2.05) is 6.92 Å². The molecule has 1 N–H and O–H groups in total. The zero-order chi connectivity index (χ0) is 10.3. The van der Waals surface area contributed by atoms with E-state index in [4.69, 9.17) is 0 Å². The van der Waals surface area contributed by atoms with Crippen LogP contribution < -0.4 is 0 Å². The highest BCUT2D eigenvalue weighted by Crippen LogP contribution is 2.42. The molecule has 0 radical (unpaired) electrons. The maximum absolute atomic E-state index is 12.4. The van der Waals surface area contributed by atoms with Crippen LogP contribution in [0.3, 0.4) is 0 Å². The molecule has 1 heterocycles. The van der Waals surface area contributed by atoms with E-state index in [1.165, 1.54) is 0 Å². The normalized spacial score (nSPS) is 11.4. The Bertz CT molecular complexity index is 476. The van der Waals surface area contributed by atoms with Crippen LogP contribution in [0.1, 0.15) is 16.9 Å². The second kappa shape index (κ2) is 3.20. The van der Waals surface area contributed by atoms with Gasteiger partial charge in [-0.2, -0.15) is 0 Å². The van der Waals surface area contributed by atoms with E-state index in [1.54, 1.807) is 18.2 Å². The summed E-state index contributed by atoms with van der Waals surface area (Å²) in [7, 11) is 0. The van der Waals surface area contributed by atoms with Gasteiger partial charge in [0.2, 0.25) is 0 Å². The minimum Gasteiger partial charge on any atom is -0.506 e. The molecule has 0 aliphatic rings. The summed E-state index contributed by atoms with van der Waals surface area (Å²) in [6, 6.07) is 5.26. The number of rotatable bonds is 1. The molecule has 1 aromatic heterocycles. The van der Waals surface area contributed by atoms with E-state index in [-0.39, 0.29) is 10.6 Å². The van der Waals surface area contributed by atoms with Crippen LogP contribution in [0.5, 0.6) is 5.75 Å². The molecule has 2 rings (SSSR count). The lowest BCUT2D eigenvalue weighted by molar-refractivity contribution is 0.152. The van der Waals surface area contributed by atoms with E-state index < -0.39 is 6.43 Å². The molecule has 1 nitrogen and oxygen atoms in total. The smallest absolute Gasteiger partial charge is 0.276 e. The lowest BCUT2D eigenvalue weighted by Crippen LogP contribution is -1.75. The first-order valence-electron chi connectivity index (χ1n) is 4.09. The molecule has 0 amide bonds. The first kappa shape index (κ1) is 9.40. The van der Waals surface area contributed by atoms with Crippen molar-refractivity contribution in [3.63, 3.8) is 0 Å². The highest BCUT2D eigenvalue weighted by atomic mass is 32.1. The summed E-state index contributed by atoms with van der Waals surface area (Å²) in [5.74, 6) is -0.278. The molecule has 0 bridgehead atoms. The summed E-state index contributed by atoms with van der Waals surface area (Å²) in [4.78, 5) is -0.245. The molecular weight excluding hydrogens is 206 g/mol. The summed E-state index contributed by atoms with van der Waals surface area (Å²) in [5.41, 5.74) is 1.000. The van der Waals surface area contributed by atoms with Crippen molar-refractivity contribution in [2.75, 3.05) is 0 Å². The van der Waals surface area contributed by atoms with E-state index >= 15 is 0 Å². The fourth-order valence-corrected chi connectivity index (χ4v) is 2.41. The van der Waals surface area contributed by atoms with Gasteiger partial charge < -0.3 is 5.11 Å². The SMILES string of the molecule is Cc1ccc2c(O)c(C(F)F)sc2c1. The number of fused-ring (bicyclic) bond motifs is 1. The van der Waals surface area contributed by atoms with Crippen molar-refractivity contribution in [2.24, 2.45) is 0 Å². The van der Waals surface area contributed by atoms with Gasteiger partial charge in [0, 0.05) is 10.1 Å². The Morgan fingerprint density at radius 3 is 2.71 bits per heavy atom. The van der Waals surface area contributed by atoms with Crippen LogP contribution in [0.2, 0.25) is 0 Å². The Labute approximate surface area is 83.6 Å². The van der Waals surface area contributed by atoms with Crippen LogP contribution in [0, 0.1) is 6.92 Å². The third-order valence-electron chi connectivity index (χ3n) is 2.04. The minimum absolute atomic E-state index is 0.245. The van der Waals surface area contributed by atoms with Crippen LogP contribution in [0.15, 0.2) is 18.2 Å². The molecular formula is C10H8F2OS. The maximum atomic E-state index is 12.4. The molecule has 0 saturated carbocycles. The number of hydrogen-bond donors (Lipinski definition) is 1. The maximum Gasteiger partial charge on any atom is 0.276 e. The first-order valence-corrected chi connectivity index (χ1v) is 4.91. The molecule has 2 aromatic rings. The Morgan fingerprint density at radius 2 is 2.07 bits per heavy atom. The number of benzene rings is 1. The quantitative estimate of drug-likeness (QED) is 0.764. The van der Waals surface area contributed by atoms with Crippen LogP contribution in [0.25, 0.3) is 10.1 Å². The van der Waals surface area contributed by atoms with Gasteiger partial charge in [0.1, 0.15) is 10.6 Å². The molecule has 0 unspecified atom stereocenters. The Kier molecular flexibility index (Phi) is 2.15. The summed E-state index contributed by atoms with van der Waals surface area (Å²) in [6.07, 6.45) is -2.60. The molecule has 0 aliphatic heterocycles. The van der Waals surface area contributed by atoms with Gasteiger partial charge in [0.15, 0.2) is 0 Å². The van der Waals surface area contributed by atoms with Gasteiger partial charge in [-0.3, -0.25) is 0 Å². The van der Waals surface area contributed by atoms with Crippen LogP contribution in [-0.4, -0.2) is 5.11 Å². The summed E-state index contributed by atoms with van der Waals surface area (Å²) in [5, 5.41) is 9.99. The van der Waals surface area contributed by atoms with Gasteiger partial charge in [-0.15, -0.1) is 11.3 Å². The van der Waals surface area contributed by atoms with Gasteiger partial charge in [0.05, 0.1) is 0 Å². The number of aryl methyl sites for hydroxylation is 1. The number of alkyl halides is 2. The average Bonchev–Trinajstić information content (AvgIpc) is 2.43. The predicted molar refractivity (Wildman–Crippen MR) is 53.2 cm³/mol. The Morgan fingerprint density at radius 1 is 1.36 bits per heavy atom. The summed E-state index contributed by atoms with van der Waals surface area (Å²) < 4.78 is 25.5. The third kappa shape index (κ3) is 1.35. The van der Waals surface area contributed by atoms with Crippen LogP contribution in [-0.2, 0) is 0 Å². The fourth-order valence-electron chi connectivity index (χ4n) is 1.36. The van der Waals surface area contributed by atoms with Crippen molar-refractivity contribution in [3.05, 3.63) is 28.6 Å². The highest BCUT2D eigenvalue weighted by Gasteiger charge is 2.18. The zero-order valence-corrected chi connectivity index (χ0v) is 8.24. The number of halogens is 2. The molecule has 0 atom stereocenters. The fraction of sp³-hybridized carbons (Fsp3) is 0.200. The molecule has 0 saturated heterocycles. The molecule has 0 aliphatic carbocycles. The predicted octanol–water partition coefficient (Wildman–Crippen LogP) is 3.85. The van der Waals surface area contributed by atoms with Crippen molar-refractivity contribution in [1.29, 1.82) is 0 Å². The van der Waals surface area contributed by atoms with Crippen molar-refractivity contribution in [1.82, 2.24) is 0 Å². The van der Waals surface area contributed by atoms with Gasteiger partial charge >= 0.3 is 0 Å². The second-order valence-corrected chi connectivity index (χ2v) is 4.20. The molecule has 14 heavy (non-hydrogen) atoms. The van der Waals surface area contributed by atoms with E-state index in [2.05, 4.69) is 0 Å². The molecule has 4 heteroatoms. The largest absolute Gasteiger partial charge is 0.506 e. The number of hydrogen-bond acceptors (Lipinski definition) is 2. The minimum atomic E-state index is -2.60. The third-order valence-corrected chi connectivity index (χ3v) is 3.19. The van der Waals surface area contributed by atoms with Gasteiger partial charge in [0.25, 0.3) is 6.43 Å². The Hall–Kier alpha value is -1.16. The van der Waals surface area contributed by atoms with Crippen molar-refractivity contribution < 1.29 is 13.9 Å². The molecule has 1 aromatic carbocycles. The zero-order valence-electron chi connectivity index (χ0n) is 7.42. The van der Waals surface area contributed by atoms with Crippen molar-refractivity contribution in [3.8, 4) is 5.75 Å². The number of thiophene rings is 1. The van der Waals surface area contributed by atoms with Crippen molar-refractivity contribution >= 4 is 21.4 Å². The second-order valence-electron chi connectivity index (χ2n) is 3.12. The van der Waals surface area contributed by atoms with E-state index in [9.17, 15) is 13.9 Å². The number of aromatic hydroxyl groups is 1. The lowest BCUT2D eigenvalue weighted by Gasteiger charge is -1.94. The van der Waals surface area contributed by atoms with E-state index in [0.29, 0.717) is 10.1 Å².